The van der Waals surface area contributed by atoms with Crippen LogP contribution in [0, 0.1) is 5.92 Å². The minimum Gasteiger partial charge on any atom is -0.489 e. The maximum Gasteiger partial charge on any atom is 0.317 e. The average molecular weight is 404 g/mol. The Morgan fingerprint density at radius 2 is 2.00 bits per heavy atom. The molecule has 3 aromatic rings. The van der Waals surface area contributed by atoms with Crippen molar-refractivity contribution in [3.63, 3.8) is 0 Å². The highest BCUT2D eigenvalue weighted by atomic mass is 16.5. The van der Waals surface area contributed by atoms with Gasteiger partial charge in [-0.1, -0.05) is 49.0 Å². The number of ether oxygens (including phenoxy) is 2. The molecule has 2 atom stereocenters. The number of nitrogens with one attached hydrogen (secondary N) is 1. The molecule has 154 valence electrons. The van der Waals surface area contributed by atoms with Crippen molar-refractivity contribution in [1.29, 1.82) is 0 Å². The highest BCUT2D eigenvalue weighted by Crippen LogP contribution is 2.38. The fourth-order valence-electron chi connectivity index (χ4n) is 3.54. The summed E-state index contributed by atoms with van der Waals surface area (Å²) in [7, 11) is 0. The number of aromatic nitrogens is 3. The first kappa shape index (κ1) is 19.7. The van der Waals surface area contributed by atoms with Crippen molar-refractivity contribution in [2.24, 2.45) is 5.92 Å². The van der Waals surface area contributed by atoms with Crippen molar-refractivity contribution >= 4 is 11.9 Å². The third-order valence-electron chi connectivity index (χ3n) is 4.85. The zero-order valence-electron chi connectivity index (χ0n) is 17.0. The number of rotatable bonds is 6. The van der Waals surface area contributed by atoms with E-state index in [4.69, 9.17) is 9.47 Å². The van der Waals surface area contributed by atoms with E-state index < -0.39 is 12.0 Å². The quantitative estimate of drug-likeness (QED) is 0.627. The van der Waals surface area contributed by atoms with Crippen LogP contribution in [0.15, 0.2) is 73.2 Å². The number of benzene rings is 2. The second-order valence-corrected chi connectivity index (χ2v) is 7.43. The molecule has 7 heteroatoms. The van der Waals surface area contributed by atoms with Crippen molar-refractivity contribution in [3.8, 4) is 5.75 Å². The van der Waals surface area contributed by atoms with Gasteiger partial charge in [-0.15, -0.1) is 0 Å². The van der Waals surface area contributed by atoms with Gasteiger partial charge in [-0.05, 0) is 37.1 Å². The fraction of sp³-hybridized carbons (Fsp3) is 0.261. The van der Waals surface area contributed by atoms with Gasteiger partial charge in [0.25, 0.3) is 0 Å². The van der Waals surface area contributed by atoms with Crippen LogP contribution in [0.2, 0.25) is 0 Å². The molecule has 0 aliphatic carbocycles. The van der Waals surface area contributed by atoms with Crippen LogP contribution < -0.4 is 10.1 Å². The van der Waals surface area contributed by atoms with Crippen LogP contribution >= 0.6 is 0 Å². The smallest absolute Gasteiger partial charge is 0.317 e. The molecule has 2 unspecified atom stereocenters. The van der Waals surface area contributed by atoms with Crippen LogP contribution in [-0.4, -0.2) is 26.8 Å². The van der Waals surface area contributed by atoms with Crippen LogP contribution in [-0.2, 0) is 16.1 Å². The van der Waals surface area contributed by atoms with Crippen molar-refractivity contribution in [2.75, 3.05) is 5.32 Å². The summed E-state index contributed by atoms with van der Waals surface area (Å²) in [6.07, 6.45) is 1.22. The summed E-state index contributed by atoms with van der Waals surface area (Å²) in [5, 5.41) is 7.41. The van der Waals surface area contributed by atoms with Crippen LogP contribution in [0.4, 0.5) is 5.95 Å². The van der Waals surface area contributed by atoms with Crippen LogP contribution in [0.25, 0.3) is 0 Å². The molecule has 1 aromatic heterocycles. The standard InChI is InChI=1S/C23H24N4O3/c1-15(2)30-22(28)20-16(3)26-23-24-14-25-27(23)21(20)18-10-7-11-19(12-18)29-13-17-8-5-4-6-9-17/h4-12,14-15,20-21H,3,13H2,1-2H3,(H,24,25,26). The Bertz CT molecular complexity index is 1050. The molecule has 0 spiro atoms. The zero-order valence-corrected chi connectivity index (χ0v) is 17.0. The van der Waals surface area contributed by atoms with Crippen molar-refractivity contribution in [1.82, 2.24) is 14.8 Å². The van der Waals surface area contributed by atoms with E-state index in [1.54, 1.807) is 4.68 Å². The molecule has 0 fully saturated rings. The lowest BCUT2D eigenvalue weighted by Crippen LogP contribution is -2.38. The van der Waals surface area contributed by atoms with Gasteiger partial charge in [0.05, 0.1) is 12.1 Å². The molecule has 0 saturated carbocycles. The molecule has 1 aliphatic heterocycles. The SMILES string of the molecule is C=C1Nc2ncnn2C(c2cccc(OCc3ccccc3)c2)C1C(=O)OC(C)C. The van der Waals surface area contributed by atoms with Crippen LogP contribution in [0.1, 0.15) is 31.0 Å². The van der Waals surface area contributed by atoms with E-state index in [0.717, 1.165) is 11.1 Å². The number of hydrogen-bond acceptors (Lipinski definition) is 6. The zero-order chi connectivity index (χ0) is 21.1. The highest BCUT2D eigenvalue weighted by Gasteiger charge is 2.41. The number of hydrogen-bond donors (Lipinski definition) is 1. The second kappa shape index (κ2) is 8.41. The molecule has 1 aliphatic rings. The first-order valence-corrected chi connectivity index (χ1v) is 9.85. The van der Waals surface area contributed by atoms with Gasteiger partial charge in [0.15, 0.2) is 0 Å². The van der Waals surface area contributed by atoms with Crippen molar-refractivity contribution in [2.45, 2.75) is 32.6 Å². The van der Waals surface area contributed by atoms with E-state index in [-0.39, 0.29) is 12.1 Å². The van der Waals surface area contributed by atoms with Gasteiger partial charge < -0.3 is 14.8 Å². The first-order valence-electron chi connectivity index (χ1n) is 9.85. The number of fused-ring (bicyclic) bond motifs is 1. The minimum atomic E-state index is -0.647. The van der Waals surface area contributed by atoms with Gasteiger partial charge in [0.2, 0.25) is 5.95 Å². The molecule has 7 nitrogen and oxygen atoms in total. The molecule has 30 heavy (non-hydrogen) atoms. The number of esters is 1. The Morgan fingerprint density at radius 3 is 2.77 bits per heavy atom. The summed E-state index contributed by atoms with van der Waals surface area (Å²) >= 11 is 0. The lowest BCUT2D eigenvalue weighted by molar-refractivity contribution is -0.152. The van der Waals surface area contributed by atoms with Crippen molar-refractivity contribution < 1.29 is 14.3 Å². The minimum absolute atomic E-state index is 0.233. The van der Waals surface area contributed by atoms with Crippen molar-refractivity contribution in [3.05, 3.63) is 84.3 Å². The summed E-state index contributed by atoms with van der Waals surface area (Å²) in [4.78, 5) is 17.1. The van der Waals surface area contributed by atoms with E-state index in [1.165, 1.54) is 6.33 Å². The Morgan fingerprint density at radius 1 is 1.20 bits per heavy atom. The maximum absolute atomic E-state index is 12.9. The maximum atomic E-state index is 12.9. The predicted molar refractivity (Wildman–Crippen MR) is 113 cm³/mol. The molecule has 1 N–H and O–H groups in total. The second-order valence-electron chi connectivity index (χ2n) is 7.43. The molecular formula is C23H24N4O3. The highest BCUT2D eigenvalue weighted by molar-refractivity contribution is 5.79. The van der Waals surface area contributed by atoms with E-state index in [1.807, 2.05) is 68.4 Å². The first-order chi connectivity index (χ1) is 14.5. The molecule has 0 saturated heterocycles. The molecule has 0 bridgehead atoms. The summed E-state index contributed by atoms with van der Waals surface area (Å²) in [5.74, 6) is 0.238. The third kappa shape index (κ3) is 4.05. The van der Waals surface area contributed by atoms with Gasteiger partial charge in [-0.2, -0.15) is 10.1 Å². The van der Waals surface area contributed by atoms with E-state index >= 15 is 0 Å². The van der Waals surface area contributed by atoms with Crippen LogP contribution in [0.3, 0.4) is 0 Å². The molecule has 2 aromatic carbocycles. The normalized spacial score (nSPS) is 17.9. The molecule has 0 amide bonds. The topological polar surface area (TPSA) is 78.3 Å². The third-order valence-corrected chi connectivity index (χ3v) is 4.85. The van der Waals surface area contributed by atoms with Gasteiger partial charge in [-0.25, -0.2) is 4.68 Å². The summed E-state index contributed by atoms with van der Waals surface area (Å²) in [6.45, 7) is 8.16. The number of carbonyl (C=O) groups excluding carboxylic acids is 1. The lowest BCUT2D eigenvalue weighted by atomic mass is 9.89. The predicted octanol–water partition coefficient (Wildman–Crippen LogP) is 3.95. The van der Waals surface area contributed by atoms with E-state index in [9.17, 15) is 4.79 Å². The monoisotopic (exact) mass is 404 g/mol. The van der Waals surface area contributed by atoms with E-state index in [2.05, 4.69) is 22.0 Å². The molecular weight excluding hydrogens is 380 g/mol. The Kier molecular flexibility index (Phi) is 5.52. The van der Waals surface area contributed by atoms with Gasteiger partial charge in [0.1, 0.15) is 24.6 Å². The molecule has 4 rings (SSSR count). The average Bonchev–Trinajstić information content (AvgIpc) is 3.19. The Hall–Kier alpha value is -3.61. The molecule has 0 radical (unpaired) electrons. The number of carbonyl (C=O) groups is 1. The largest absolute Gasteiger partial charge is 0.489 e. The summed E-state index contributed by atoms with van der Waals surface area (Å²) in [5.41, 5.74) is 2.47. The summed E-state index contributed by atoms with van der Waals surface area (Å²) < 4.78 is 13.2. The van der Waals surface area contributed by atoms with Gasteiger partial charge in [-0.3, -0.25) is 4.79 Å². The van der Waals surface area contributed by atoms with Gasteiger partial charge >= 0.3 is 5.97 Å². The Balaban J connectivity index is 1.65. The van der Waals surface area contributed by atoms with Gasteiger partial charge in [0, 0.05) is 5.70 Å². The number of anilines is 1. The summed E-state index contributed by atoms with van der Waals surface area (Å²) in [6, 6.07) is 17.2. The lowest BCUT2D eigenvalue weighted by Gasteiger charge is -2.33. The number of nitrogens with zero attached hydrogens (tertiary/aromatic N) is 3. The van der Waals surface area contributed by atoms with Crippen LogP contribution in [0.5, 0.6) is 5.75 Å². The van der Waals surface area contributed by atoms with E-state index in [0.29, 0.717) is 24.0 Å². The fourth-order valence-corrected chi connectivity index (χ4v) is 3.54. The molecule has 2 heterocycles. The Labute approximate surface area is 175 Å².